The first-order valence-electron chi connectivity index (χ1n) is 8.49. The van der Waals surface area contributed by atoms with E-state index in [0.717, 1.165) is 18.4 Å². The largest absolute Gasteiger partial charge is 0.348 e. The van der Waals surface area contributed by atoms with Crippen molar-refractivity contribution in [1.82, 2.24) is 10.2 Å². The predicted molar refractivity (Wildman–Crippen MR) is 93.4 cm³/mol. The Morgan fingerprint density at radius 2 is 2.00 bits per heavy atom. The average molecular weight is 351 g/mol. The molecule has 1 saturated carbocycles. The highest BCUT2D eigenvalue weighted by Gasteiger charge is 2.31. The minimum Gasteiger partial charge on any atom is -0.348 e. The zero-order chi connectivity index (χ0) is 17.2. The molecule has 1 atom stereocenters. The van der Waals surface area contributed by atoms with Crippen molar-refractivity contribution >= 4 is 15.7 Å². The van der Waals surface area contributed by atoms with E-state index in [4.69, 9.17) is 5.73 Å². The van der Waals surface area contributed by atoms with Crippen molar-refractivity contribution in [3.63, 3.8) is 0 Å². The molecule has 0 bridgehead atoms. The van der Waals surface area contributed by atoms with E-state index in [1.54, 1.807) is 6.07 Å². The fourth-order valence-corrected chi connectivity index (χ4v) is 4.37. The maximum atomic E-state index is 12.4. The third-order valence-corrected chi connectivity index (χ3v) is 6.40. The lowest BCUT2D eigenvalue weighted by Gasteiger charge is -2.26. The molecule has 1 amide bonds. The molecule has 1 saturated heterocycles. The van der Waals surface area contributed by atoms with E-state index in [0.29, 0.717) is 37.7 Å². The van der Waals surface area contributed by atoms with Crippen LogP contribution in [-0.2, 0) is 16.4 Å². The van der Waals surface area contributed by atoms with E-state index in [-0.39, 0.29) is 23.5 Å². The van der Waals surface area contributed by atoms with Gasteiger partial charge in [-0.3, -0.25) is 9.69 Å². The van der Waals surface area contributed by atoms with E-state index in [1.165, 1.54) is 0 Å². The molecule has 2 aliphatic rings. The summed E-state index contributed by atoms with van der Waals surface area (Å²) in [6, 6.07) is 7.60. The molecule has 1 heterocycles. The maximum absolute atomic E-state index is 12.4. The van der Waals surface area contributed by atoms with Crippen molar-refractivity contribution in [1.29, 1.82) is 0 Å². The van der Waals surface area contributed by atoms with Gasteiger partial charge in [-0.1, -0.05) is 12.1 Å². The van der Waals surface area contributed by atoms with Crippen LogP contribution in [0.3, 0.4) is 0 Å². The van der Waals surface area contributed by atoms with Crippen LogP contribution in [0.2, 0.25) is 0 Å². The molecule has 2 fully saturated rings. The Hall–Kier alpha value is -1.44. The molecular formula is C17H25N3O3S. The molecule has 1 unspecified atom stereocenters. The van der Waals surface area contributed by atoms with Gasteiger partial charge in [0.05, 0.1) is 11.5 Å². The van der Waals surface area contributed by atoms with E-state index >= 15 is 0 Å². The number of nitrogens with two attached hydrogens (primary N) is 1. The lowest BCUT2D eigenvalue weighted by molar-refractivity contribution is 0.0933. The molecule has 1 aliphatic heterocycles. The van der Waals surface area contributed by atoms with Gasteiger partial charge in [0.15, 0.2) is 9.84 Å². The molecule has 1 aliphatic carbocycles. The Bertz CT molecular complexity index is 687. The first kappa shape index (κ1) is 17.4. The van der Waals surface area contributed by atoms with Gasteiger partial charge >= 0.3 is 0 Å². The van der Waals surface area contributed by atoms with Gasteiger partial charge in [-0.25, -0.2) is 8.42 Å². The van der Waals surface area contributed by atoms with Crippen LogP contribution < -0.4 is 11.1 Å². The van der Waals surface area contributed by atoms with Gasteiger partial charge in [-0.2, -0.15) is 0 Å². The van der Waals surface area contributed by atoms with Gasteiger partial charge in [0.1, 0.15) is 0 Å². The third kappa shape index (κ3) is 4.55. The average Bonchev–Trinajstić information content (AvgIpc) is 3.39. The summed E-state index contributed by atoms with van der Waals surface area (Å²) in [4.78, 5) is 14.5. The van der Waals surface area contributed by atoms with Crippen molar-refractivity contribution in [2.24, 2.45) is 11.7 Å². The number of amides is 1. The zero-order valence-corrected chi connectivity index (χ0v) is 14.6. The molecule has 0 aromatic heterocycles. The number of hydrogen-bond acceptors (Lipinski definition) is 5. The topological polar surface area (TPSA) is 92.5 Å². The molecule has 0 radical (unpaired) electrons. The van der Waals surface area contributed by atoms with Gasteiger partial charge in [0, 0.05) is 37.8 Å². The molecule has 132 valence electrons. The summed E-state index contributed by atoms with van der Waals surface area (Å²) >= 11 is 0. The van der Waals surface area contributed by atoms with Crippen molar-refractivity contribution in [3.05, 3.63) is 35.4 Å². The number of hydrogen-bond donors (Lipinski definition) is 2. The van der Waals surface area contributed by atoms with Crippen molar-refractivity contribution in [2.75, 3.05) is 31.1 Å². The molecule has 0 spiro atoms. The van der Waals surface area contributed by atoms with Crippen molar-refractivity contribution in [2.45, 2.75) is 25.4 Å². The Morgan fingerprint density at radius 1 is 1.29 bits per heavy atom. The molecule has 1 aromatic carbocycles. The van der Waals surface area contributed by atoms with Gasteiger partial charge in [-0.05, 0) is 36.5 Å². The third-order valence-electron chi connectivity index (χ3n) is 4.79. The summed E-state index contributed by atoms with van der Waals surface area (Å²) in [6.45, 7) is 2.24. The Kier molecular flexibility index (Phi) is 5.22. The number of nitrogens with zero attached hydrogens (tertiary/aromatic N) is 1. The highest BCUT2D eigenvalue weighted by molar-refractivity contribution is 7.91. The second kappa shape index (κ2) is 7.21. The van der Waals surface area contributed by atoms with Crippen molar-refractivity contribution in [3.8, 4) is 0 Å². The summed E-state index contributed by atoms with van der Waals surface area (Å²) in [6.07, 6.45) is 2.28. The minimum absolute atomic E-state index is 0.0634. The SMILES string of the molecule is NCC(NC(=O)c1cccc(CN2CCS(=O)(=O)CC2)c1)C1CC1. The van der Waals surface area contributed by atoms with E-state index in [1.807, 2.05) is 18.2 Å². The molecular weight excluding hydrogens is 326 g/mol. The molecule has 3 N–H and O–H groups in total. The number of nitrogens with one attached hydrogen (secondary N) is 1. The standard InChI is InChI=1S/C17H25N3O3S/c18-11-16(14-4-5-14)19-17(21)15-3-1-2-13(10-15)12-20-6-8-24(22,23)9-7-20/h1-3,10,14,16H,4-9,11-12,18H2,(H,19,21). The molecule has 3 rings (SSSR count). The number of benzene rings is 1. The minimum atomic E-state index is -2.87. The fourth-order valence-electron chi connectivity index (χ4n) is 3.10. The second-order valence-corrected chi connectivity index (χ2v) is 9.09. The first-order chi connectivity index (χ1) is 11.5. The van der Waals surface area contributed by atoms with Crippen LogP contribution in [0.5, 0.6) is 0 Å². The van der Waals surface area contributed by atoms with Gasteiger partial charge in [-0.15, -0.1) is 0 Å². The highest BCUT2D eigenvalue weighted by atomic mass is 32.2. The lowest BCUT2D eigenvalue weighted by atomic mass is 10.1. The fraction of sp³-hybridized carbons (Fsp3) is 0.588. The lowest BCUT2D eigenvalue weighted by Crippen LogP contribution is -2.41. The summed E-state index contributed by atoms with van der Waals surface area (Å²) in [5, 5.41) is 3.03. The monoisotopic (exact) mass is 351 g/mol. The van der Waals surface area contributed by atoms with Crippen LogP contribution in [0.25, 0.3) is 0 Å². The summed E-state index contributed by atoms with van der Waals surface area (Å²) < 4.78 is 23.0. The van der Waals surface area contributed by atoms with E-state index < -0.39 is 9.84 Å². The zero-order valence-electron chi connectivity index (χ0n) is 13.8. The molecule has 24 heavy (non-hydrogen) atoms. The van der Waals surface area contributed by atoms with Crippen LogP contribution >= 0.6 is 0 Å². The van der Waals surface area contributed by atoms with Crippen LogP contribution in [0.1, 0.15) is 28.8 Å². The van der Waals surface area contributed by atoms with Crippen LogP contribution in [-0.4, -0.2) is 56.4 Å². The van der Waals surface area contributed by atoms with E-state index in [9.17, 15) is 13.2 Å². The van der Waals surface area contributed by atoms with Crippen LogP contribution in [0.15, 0.2) is 24.3 Å². The van der Waals surface area contributed by atoms with Crippen molar-refractivity contribution < 1.29 is 13.2 Å². The first-order valence-corrected chi connectivity index (χ1v) is 10.3. The smallest absolute Gasteiger partial charge is 0.251 e. The Morgan fingerprint density at radius 3 is 2.62 bits per heavy atom. The summed E-state index contributed by atoms with van der Waals surface area (Å²) in [5.41, 5.74) is 7.41. The van der Waals surface area contributed by atoms with E-state index in [2.05, 4.69) is 10.2 Å². The number of sulfone groups is 1. The van der Waals surface area contributed by atoms with Crippen LogP contribution in [0.4, 0.5) is 0 Å². The predicted octanol–water partition coefficient (Wildman–Crippen LogP) is 0.384. The second-order valence-electron chi connectivity index (χ2n) is 6.78. The number of carbonyl (C=O) groups is 1. The quantitative estimate of drug-likeness (QED) is 0.773. The summed E-state index contributed by atoms with van der Waals surface area (Å²) in [5.74, 6) is 0.873. The summed E-state index contributed by atoms with van der Waals surface area (Å²) in [7, 11) is -2.87. The van der Waals surface area contributed by atoms with Crippen LogP contribution in [0, 0.1) is 5.92 Å². The number of carbonyl (C=O) groups excluding carboxylic acids is 1. The van der Waals surface area contributed by atoms with Gasteiger partial charge < -0.3 is 11.1 Å². The van der Waals surface area contributed by atoms with Gasteiger partial charge in [0.25, 0.3) is 5.91 Å². The number of rotatable bonds is 6. The maximum Gasteiger partial charge on any atom is 0.251 e. The molecule has 1 aromatic rings. The molecule has 7 heteroatoms. The molecule has 6 nitrogen and oxygen atoms in total. The highest BCUT2D eigenvalue weighted by Crippen LogP contribution is 2.32. The van der Waals surface area contributed by atoms with Gasteiger partial charge in [0.2, 0.25) is 0 Å². The normalized spacial score (nSPS) is 22.0. The Labute approximate surface area is 143 Å². The Balaban J connectivity index is 1.60.